The molecule has 0 unspecified atom stereocenters. The monoisotopic (exact) mass is 501 g/mol. The van der Waals surface area contributed by atoms with E-state index < -0.39 is 29.7 Å². The van der Waals surface area contributed by atoms with Gasteiger partial charge in [-0.05, 0) is 60.7 Å². The number of rotatable bonds is 7. The summed E-state index contributed by atoms with van der Waals surface area (Å²) in [6.07, 6.45) is -0.603. The van der Waals surface area contributed by atoms with Gasteiger partial charge in [0, 0.05) is 12.3 Å². The van der Waals surface area contributed by atoms with E-state index in [0.29, 0.717) is 11.1 Å². The molecular formula is C30H31NO6. The lowest BCUT2D eigenvalue weighted by atomic mass is 9.98. The number of esters is 2. The van der Waals surface area contributed by atoms with Crippen LogP contribution in [-0.4, -0.2) is 43.4 Å². The van der Waals surface area contributed by atoms with Crippen molar-refractivity contribution in [3.8, 4) is 11.1 Å². The Morgan fingerprint density at radius 3 is 2.11 bits per heavy atom. The van der Waals surface area contributed by atoms with Crippen LogP contribution in [0.25, 0.3) is 11.1 Å². The number of carbonyl (C=O) groups is 3. The third kappa shape index (κ3) is 6.17. The number of nitrogens with one attached hydrogen (secondary N) is 1. The van der Waals surface area contributed by atoms with Crippen LogP contribution in [0.5, 0.6) is 0 Å². The fraction of sp³-hybridized carbons (Fsp3) is 0.300. The Bertz CT molecular complexity index is 1260. The average Bonchev–Trinajstić information content (AvgIpc) is 3.19. The lowest BCUT2D eigenvalue weighted by molar-refractivity contribution is -0.143. The SMILES string of the molecule is COC(=O)[C@H](Cc1cccc(C(=O)OC(C)(C)C)c1)NC(=O)OCC1c2ccccc2-c2ccccc21. The van der Waals surface area contributed by atoms with Crippen LogP contribution in [0.15, 0.2) is 72.8 Å². The molecule has 0 radical (unpaired) electrons. The average molecular weight is 502 g/mol. The Morgan fingerprint density at radius 1 is 0.892 bits per heavy atom. The molecule has 3 aromatic rings. The zero-order valence-electron chi connectivity index (χ0n) is 21.4. The van der Waals surface area contributed by atoms with Gasteiger partial charge < -0.3 is 19.5 Å². The van der Waals surface area contributed by atoms with Gasteiger partial charge in [-0.3, -0.25) is 0 Å². The summed E-state index contributed by atoms with van der Waals surface area (Å²) in [7, 11) is 1.26. The summed E-state index contributed by atoms with van der Waals surface area (Å²) in [5.41, 5.74) is 4.84. The van der Waals surface area contributed by atoms with Crippen molar-refractivity contribution in [3.05, 3.63) is 95.1 Å². The van der Waals surface area contributed by atoms with Gasteiger partial charge in [-0.15, -0.1) is 0 Å². The maximum absolute atomic E-state index is 12.8. The zero-order valence-corrected chi connectivity index (χ0v) is 21.4. The molecule has 192 valence electrons. The fourth-order valence-corrected chi connectivity index (χ4v) is 4.52. The van der Waals surface area contributed by atoms with Gasteiger partial charge in [-0.2, -0.15) is 0 Å². The molecule has 0 fully saturated rings. The van der Waals surface area contributed by atoms with Crippen molar-refractivity contribution in [3.63, 3.8) is 0 Å². The van der Waals surface area contributed by atoms with Gasteiger partial charge in [0.1, 0.15) is 18.2 Å². The van der Waals surface area contributed by atoms with Gasteiger partial charge in [0.15, 0.2) is 0 Å². The molecule has 1 aliphatic carbocycles. The second-order valence-electron chi connectivity index (χ2n) is 9.95. The first-order chi connectivity index (χ1) is 17.7. The van der Waals surface area contributed by atoms with E-state index in [1.807, 2.05) is 36.4 Å². The molecule has 0 heterocycles. The minimum Gasteiger partial charge on any atom is -0.467 e. The minimum absolute atomic E-state index is 0.0970. The van der Waals surface area contributed by atoms with E-state index in [-0.39, 0.29) is 18.9 Å². The third-order valence-corrected chi connectivity index (χ3v) is 6.12. The van der Waals surface area contributed by atoms with Crippen molar-refractivity contribution < 1.29 is 28.6 Å². The van der Waals surface area contributed by atoms with Gasteiger partial charge in [-0.1, -0.05) is 60.7 Å². The molecule has 4 rings (SSSR count). The standard InChI is InChI=1S/C30H31NO6/c1-30(2,3)37-27(32)20-11-9-10-19(16-20)17-26(28(33)35-4)31-29(34)36-18-25-23-14-7-5-12-21(23)22-13-6-8-15-24(22)25/h5-16,25-26H,17-18H2,1-4H3,(H,31,34)/t26-/m0/s1. The highest BCUT2D eigenvalue weighted by molar-refractivity contribution is 5.90. The van der Waals surface area contributed by atoms with E-state index in [2.05, 4.69) is 17.4 Å². The van der Waals surface area contributed by atoms with E-state index in [1.165, 1.54) is 7.11 Å². The van der Waals surface area contributed by atoms with E-state index in [1.54, 1.807) is 45.0 Å². The first kappa shape index (κ1) is 25.9. The van der Waals surface area contributed by atoms with Crippen molar-refractivity contribution in [1.29, 1.82) is 0 Å². The number of hydrogen-bond acceptors (Lipinski definition) is 6. The fourth-order valence-electron chi connectivity index (χ4n) is 4.52. The quantitative estimate of drug-likeness (QED) is 0.351. The first-order valence-electron chi connectivity index (χ1n) is 12.2. The Balaban J connectivity index is 1.43. The molecule has 1 N–H and O–H groups in total. The molecule has 0 spiro atoms. The van der Waals surface area contributed by atoms with E-state index in [9.17, 15) is 14.4 Å². The predicted octanol–water partition coefficient (Wildman–Crippen LogP) is 5.26. The highest BCUT2D eigenvalue weighted by Gasteiger charge is 2.30. The van der Waals surface area contributed by atoms with Crippen LogP contribution in [0.3, 0.4) is 0 Å². The number of methoxy groups -OCH3 is 1. The van der Waals surface area contributed by atoms with Crippen molar-refractivity contribution in [1.82, 2.24) is 5.32 Å². The summed E-state index contributed by atoms with van der Waals surface area (Å²) in [4.78, 5) is 37.7. The van der Waals surface area contributed by atoms with Gasteiger partial charge >= 0.3 is 18.0 Å². The molecule has 1 amide bonds. The van der Waals surface area contributed by atoms with Crippen molar-refractivity contribution in [2.24, 2.45) is 0 Å². The van der Waals surface area contributed by atoms with Crippen LogP contribution in [0, 0.1) is 0 Å². The van der Waals surface area contributed by atoms with Crippen LogP contribution in [0.4, 0.5) is 4.79 Å². The number of amides is 1. The Labute approximate surface area is 216 Å². The third-order valence-electron chi connectivity index (χ3n) is 6.12. The Hall–Kier alpha value is -4.13. The van der Waals surface area contributed by atoms with Crippen molar-refractivity contribution >= 4 is 18.0 Å². The summed E-state index contributed by atoms with van der Waals surface area (Å²) in [6.45, 7) is 5.50. The molecule has 0 aromatic heterocycles. The zero-order chi connectivity index (χ0) is 26.6. The molecule has 0 aliphatic heterocycles. The van der Waals surface area contributed by atoms with Crippen LogP contribution in [-0.2, 0) is 25.4 Å². The van der Waals surface area contributed by atoms with Gasteiger partial charge in [0.25, 0.3) is 0 Å². The molecule has 3 aromatic carbocycles. The minimum atomic E-state index is -0.991. The number of hydrogen-bond donors (Lipinski definition) is 1. The largest absolute Gasteiger partial charge is 0.467 e. The summed E-state index contributed by atoms with van der Waals surface area (Å²) < 4.78 is 15.9. The molecule has 0 bridgehead atoms. The number of alkyl carbamates (subject to hydrolysis) is 1. The summed E-state index contributed by atoms with van der Waals surface area (Å²) in [5, 5.41) is 2.62. The number of fused-ring (bicyclic) bond motifs is 3. The van der Waals surface area contributed by atoms with Crippen LogP contribution < -0.4 is 5.32 Å². The number of benzene rings is 3. The lowest BCUT2D eigenvalue weighted by Gasteiger charge is -2.20. The van der Waals surface area contributed by atoms with E-state index >= 15 is 0 Å². The highest BCUT2D eigenvalue weighted by Crippen LogP contribution is 2.44. The highest BCUT2D eigenvalue weighted by atomic mass is 16.6. The molecule has 1 aliphatic rings. The molecule has 7 nitrogen and oxygen atoms in total. The molecule has 0 saturated heterocycles. The van der Waals surface area contributed by atoms with Gasteiger partial charge in [-0.25, -0.2) is 14.4 Å². The lowest BCUT2D eigenvalue weighted by Crippen LogP contribution is -2.43. The molecule has 7 heteroatoms. The molecule has 0 saturated carbocycles. The van der Waals surface area contributed by atoms with Crippen molar-refractivity contribution in [2.45, 2.75) is 44.8 Å². The topological polar surface area (TPSA) is 90.9 Å². The molecule has 1 atom stereocenters. The maximum Gasteiger partial charge on any atom is 0.407 e. The Kier molecular flexibility index (Phi) is 7.62. The van der Waals surface area contributed by atoms with Crippen LogP contribution in [0.1, 0.15) is 53.7 Å². The van der Waals surface area contributed by atoms with Crippen molar-refractivity contribution in [2.75, 3.05) is 13.7 Å². The summed E-state index contributed by atoms with van der Waals surface area (Å²) in [6, 6.07) is 21.9. The van der Waals surface area contributed by atoms with Gasteiger partial charge in [0.2, 0.25) is 0 Å². The summed E-state index contributed by atoms with van der Waals surface area (Å²) in [5.74, 6) is -1.18. The molecular weight excluding hydrogens is 470 g/mol. The number of carbonyl (C=O) groups excluding carboxylic acids is 3. The van der Waals surface area contributed by atoms with E-state index in [4.69, 9.17) is 14.2 Å². The van der Waals surface area contributed by atoms with Gasteiger partial charge in [0.05, 0.1) is 12.7 Å². The van der Waals surface area contributed by atoms with Crippen LogP contribution >= 0.6 is 0 Å². The smallest absolute Gasteiger partial charge is 0.407 e. The molecule has 37 heavy (non-hydrogen) atoms. The van der Waals surface area contributed by atoms with E-state index in [0.717, 1.165) is 22.3 Å². The second kappa shape index (κ2) is 10.9. The maximum atomic E-state index is 12.8. The normalized spacial score (nSPS) is 13.2. The first-order valence-corrected chi connectivity index (χ1v) is 12.2. The number of ether oxygens (including phenoxy) is 3. The summed E-state index contributed by atoms with van der Waals surface area (Å²) >= 11 is 0. The Morgan fingerprint density at radius 2 is 1.51 bits per heavy atom. The predicted molar refractivity (Wildman–Crippen MR) is 139 cm³/mol. The second-order valence-corrected chi connectivity index (χ2v) is 9.95. The van der Waals surface area contributed by atoms with Crippen LogP contribution in [0.2, 0.25) is 0 Å².